The van der Waals surface area contributed by atoms with E-state index in [1.54, 1.807) is 12.1 Å². The lowest BCUT2D eigenvalue weighted by molar-refractivity contribution is 0.631. The lowest BCUT2D eigenvalue weighted by Gasteiger charge is -2.48. The first-order valence-corrected chi connectivity index (χ1v) is 15.0. The Labute approximate surface area is 249 Å². The van der Waals surface area contributed by atoms with Gasteiger partial charge in [-0.05, 0) is 63.4 Å². The Kier molecular flexibility index (Phi) is 4.28. The molecule has 0 bridgehead atoms. The molecule has 0 fully saturated rings. The van der Waals surface area contributed by atoms with Gasteiger partial charge in [-0.1, -0.05) is 105 Å². The van der Waals surface area contributed by atoms with Crippen LogP contribution in [0.3, 0.4) is 0 Å². The Morgan fingerprint density at radius 1 is 0.628 bits per heavy atom. The number of hydrogen-bond acceptors (Lipinski definition) is 1. The highest BCUT2D eigenvalue weighted by molar-refractivity contribution is 7.00. The van der Waals surface area contributed by atoms with E-state index in [-0.39, 0.29) is 17.9 Å². The van der Waals surface area contributed by atoms with Gasteiger partial charge in [-0.15, -0.1) is 0 Å². The molecule has 0 N–H and O–H groups in total. The van der Waals surface area contributed by atoms with E-state index in [0.717, 1.165) is 16.9 Å². The van der Waals surface area contributed by atoms with Crippen LogP contribution in [0.4, 0.5) is 21.5 Å². The first-order valence-electron chi connectivity index (χ1n) is 15.0. The molecule has 4 heterocycles. The minimum Gasteiger partial charge on any atom is -0.311 e. The van der Waals surface area contributed by atoms with Gasteiger partial charge >= 0.3 is 0 Å². The van der Waals surface area contributed by atoms with Crippen molar-refractivity contribution in [1.29, 1.82) is 0 Å². The van der Waals surface area contributed by atoms with Crippen molar-refractivity contribution in [3.05, 3.63) is 138 Å². The van der Waals surface area contributed by atoms with Crippen molar-refractivity contribution in [2.75, 3.05) is 4.90 Å². The van der Waals surface area contributed by atoms with Gasteiger partial charge in [0.2, 0.25) is 0 Å². The SMILES string of the molecule is CC1(C)c2ccccc2N2c3cc(-c4ccccc4F)cc4c3B(c3cccc1c32)c1cccc2c3ccccc3n-4c12. The summed E-state index contributed by atoms with van der Waals surface area (Å²) in [5.74, 6) is -0.206. The Hall–Kier alpha value is -5.09. The molecule has 0 spiro atoms. The van der Waals surface area contributed by atoms with Crippen molar-refractivity contribution in [1.82, 2.24) is 4.57 Å². The van der Waals surface area contributed by atoms with Gasteiger partial charge in [0.05, 0.1) is 11.2 Å². The third-order valence-electron chi connectivity index (χ3n) is 10.2. The highest BCUT2D eigenvalue weighted by Gasteiger charge is 2.47. The molecular weight excluding hydrogens is 526 g/mol. The quantitative estimate of drug-likeness (QED) is 0.188. The zero-order chi connectivity index (χ0) is 28.6. The second-order valence-corrected chi connectivity index (χ2v) is 12.7. The van der Waals surface area contributed by atoms with Crippen molar-refractivity contribution in [2.45, 2.75) is 19.3 Å². The fraction of sp³-hybridized carbons (Fsp3) is 0.0769. The molecule has 0 saturated heterocycles. The fourth-order valence-corrected chi connectivity index (χ4v) is 8.41. The highest BCUT2D eigenvalue weighted by atomic mass is 19.1. The van der Waals surface area contributed by atoms with E-state index in [1.807, 2.05) is 12.1 Å². The molecule has 43 heavy (non-hydrogen) atoms. The summed E-state index contributed by atoms with van der Waals surface area (Å²) in [6.45, 7) is 4.75. The van der Waals surface area contributed by atoms with Crippen LogP contribution in [0.5, 0.6) is 0 Å². The van der Waals surface area contributed by atoms with Gasteiger partial charge in [0.1, 0.15) is 5.82 Å². The number of rotatable bonds is 1. The summed E-state index contributed by atoms with van der Waals surface area (Å²) in [6, 6.07) is 42.8. The van der Waals surface area contributed by atoms with Crippen LogP contribution in [0.25, 0.3) is 38.6 Å². The Morgan fingerprint density at radius 3 is 2.23 bits per heavy atom. The standard InChI is InChI=1S/C39H26BFN2/c1-39(2)27-14-5-8-20-33(27)43-35-22-23(24-11-3-6-18-31(24)41)21-34-36(35)40(30-17-10-15-28(39)38(30)43)29-16-9-13-26-25-12-4-7-19-32(25)42(34)37(26)29/h3-22H,1-2H3. The minimum atomic E-state index is -0.206. The molecular formula is C39H26BFN2. The van der Waals surface area contributed by atoms with Gasteiger partial charge in [0, 0.05) is 44.3 Å². The summed E-state index contributed by atoms with van der Waals surface area (Å²) in [4.78, 5) is 2.47. The van der Waals surface area contributed by atoms with Crippen LogP contribution >= 0.6 is 0 Å². The van der Waals surface area contributed by atoms with Gasteiger partial charge in [0.25, 0.3) is 6.71 Å². The topological polar surface area (TPSA) is 8.17 Å². The lowest BCUT2D eigenvalue weighted by atomic mass is 9.33. The van der Waals surface area contributed by atoms with Gasteiger partial charge in [-0.3, -0.25) is 0 Å². The molecule has 0 unspecified atom stereocenters. The number of benzene rings is 6. The van der Waals surface area contributed by atoms with E-state index in [0.29, 0.717) is 5.56 Å². The summed E-state index contributed by atoms with van der Waals surface area (Å²) in [6.07, 6.45) is 0. The summed E-state index contributed by atoms with van der Waals surface area (Å²) < 4.78 is 17.9. The molecule has 3 aliphatic rings. The second-order valence-electron chi connectivity index (χ2n) is 12.7. The molecule has 0 radical (unpaired) electrons. The van der Waals surface area contributed by atoms with Crippen LogP contribution in [0, 0.1) is 5.82 Å². The average Bonchev–Trinajstić information content (AvgIpc) is 3.38. The van der Waals surface area contributed by atoms with Crippen LogP contribution in [0.15, 0.2) is 121 Å². The first kappa shape index (κ1) is 23.5. The van der Waals surface area contributed by atoms with Crippen LogP contribution in [0.1, 0.15) is 25.0 Å². The number of fused-ring (bicyclic) bond motifs is 9. The number of anilines is 3. The largest absolute Gasteiger partial charge is 0.311 e. The molecule has 0 saturated carbocycles. The van der Waals surface area contributed by atoms with Gasteiger partial charge in [-0.25, -0.2) is 4.39 Å². The molecule has 1 aromatic heterocycles. The van der Waals surface area contributed by atoms with Crippen LogP contribution < -0.4 is 21.3 Å². The first-order chi connectivity index (χ1) is 21.0. The van der Waals surface area contributed by atoms with E-state index in [2.05, 4.69) is 120 Å². The van der Waals surface area contributed by atoms with Crippen molar-refractivity contribution >= 4 is 62.0 Å². The second kappa shape index (κ2) is 7.84. The smallest absolute Gasteiger partial charge is 0.252 e. The molecule has 10 rings (SSSR count). The molecule has 0 amide bonds. The third-order valence-corrected chi connectivity index (χ3v) is 10.2. The summed E-state index contributed by atoms with van der Waals surface area (Å²) in [5, 5.41) is 2.50. The molecule has 0 atom stereocenters. The highest BCUT2D eigenvalue weighted by Crippen LogP contribution is 2.53. The predicted octanol–water partition coefficient (Wildman–Crippen LogP) is 7.84. The van der Waals surface area contributed by atoms with Crippen molar-refractivity contribution in [3.63, 3.8) is 0 Å². The van der Waals surface area contributed by atoms with Crippen molar-refractivity contribution < 1.29 is 4.39 Å². The number of hydrogen-bond donors (Lipinski definition) is 0. The van der Waals surface area contributed by atoms with Crippen LogP contribution in [0.2, 0.25) is 0 Å². The molecule has 7 aromatic rings. The minimum absolute atomic E-state index is 0.0624. The van der Waals surface area contributed by atoms with E-state index < -0.39 is 0 Å². The zero-order valence-electron chi connectivity index (χ0n) is 23.9. The van der Waals surface area contributed by atoms with Crippen LogP contribution in [-0.2, 0) is 5.41 Å². The zero-order valence-corrected chi connectivity index (χ0v) is 23.9. The maximum absolute atomic E-state index is 15.5. The molecule has 0 aliphatic carbocycles. The number of aromatic nitrogens is 1. The summed E-state index contributed by atoms with van der Waals surface area (Å²) in [7, 11) is 0. The van der Waals surface area contributed by atoms with E-state index in [1.165, 1.54) is 60.7 Å². The van der Waals surface area contributed by atoms with E-state index >= 15 is 4.39 Å². The van der Waals surface area contributed by atoms with Gasteiger partial charge < -0.3 is 9.47 Å². The average molecular weight is 552 g/mol. The Bertz CT molecular complexity index is 2360. The number of nitrogens with zero attached hydrogens (tertiary/aromatic N) is 2. The maximum Gasteiger partial charge on any atom is 0.252 e. The van der Waals surface area contributed by atoms with Gasteiger partial charge in [-0.2, -0.15) is 0 Å². The predicted molar refractivity (Wildman–Crippen MR) is 178 cm³/mol. The number of para-hydroxylation sites is 4. The fourth-order valence-electron chi connectivity index (χ4n) is 8.41. The monoisotopic (exact) mass is 552 g/mol. The Balaban J connectivity index is 1.44. The van der Waals surface area contributed by atoms with E-state index in [4.69, 9.17) is 0 Å². The Morgan fingerprint density at radius 2 is 1.33 bits per heavy atom. The molecule has 4 heteroatoms. The normalized spacial score (nSPS) is 15.0. The van der Waals surface area contributed by atoms with E-state index in [9.17, 15) is 0 Å². The number of halogens is 1. The van der Waals surface area contributed by atoms with Crippen molar-refractivity contribution in [2.24, 2.45) is 0 Å². The summed E-state index contributed by atoms with van der Waals surface area (Å²) >= 11 is 0. The van der Waals surface area contributed by atoms with Crippen LogP contribution in [-0.4, -0.2) is 11.3 Å². The van der Waals surface area contributed by atoms with Crippen molar-refractivity contribution in [3.8, 4) is 16.8 Å². The van der Waals surface area contributed by atoms with Gasteiger partial charge in [0.15, 0.2) is 0 Å². The molecule has 6 aromatic carbocycles. The third kappa shape index (κ3) is 2.75. The molecule has 202 valence electrons. The molecule has 3 aliphatic heterocycles. The molecule has 2 nitrogen and oxygen atoms in total. The maximum atomic E-state index is 15.5. The lowest BCUT2D eigenvalue weighted by Crippen LogP contribution is -2.61. The summed E-state index contributed by atoms with van der Waals surface area (Å²) in [5.41, 5.74) is 15.0.